The third-order valence-corrected chi connectivity index (χ3v) is 7.48. The maximum absolute atomic E-state index is 13.6. The second kappa shape index (κ2) is 11.1. The zero-order valence-electron chi connectivity index (χ0n) is 20.0. The number of H-pyrrole nitrogens is 1. The maximum atomic E-state index is 13.6. The summed E-state index contributed by atoms with van der Waals surface area (Å²) in [6.45, 7) is 5.35. The fourth-order valence-electron chi connectivity index (χ4n) is 4.22. The van der Waals surface area contributed by atoms with E-state index in [1.165, 1.54) is 6.33 Å². The van der Waals surface area contributed by atoms with Crippen LogP contribution in [0.5, 0.6) is 5.75 Å². The number of ether oxygens (including phenoxy) is 1. The number of nitrogens with one attached hydrogen (secondary N) is 2. The predicted octanol–water partition coefficient (Wildman–Crippen LogP) is 1.99. The molecule has 1 unspecified atom stereocenters. The number of nitrogens with zero attached hydrogens (tertiary/aromatic N) is 3. The first-order valence-corrected chi connectivity index (χ1v) is 13.0. The number of rotatable bonds is 11. The van der Waals surface area contributed by atoms with Gasteiger partial charge in [0.15, 0.2) is 11.2 Å². The average Bonchev–Trinajstić information content (AvgIpc) is 3.43. The molecule has 2 heterocycles. The second-order valence-electron chi connectivity index (χ2n) is 8.35. The van der Waals surface area contributed by atoms with Crippen molar-refractivity contribution in [2.75, 3.05) is 25.5 Å². The van der Waals surface area contributed by atoms with Gasteiger partial charge in [-0.15, -0.1) is 0 Å². The Labute approximate surface area is 211 Å². The summed E-state index contributed by atoms with van der Waals surface area (Å²) in [6, 6.07) is 7.88. The van der Waals surface area contributed by atoms with E-state index in [0.717, 1.165) is 6.29 Å². The van der Waals surface area contributed by atoms with E-state index in [9.17, 15) is 18.9 Å². The molecule has 0 radical (unpaired) electrons. The van der Waals surface area contributed by atoms with Crippen LogP contribution in [0.3, 0.4) is 0 Å². The number of imidazole rings is 1. The molecule has 1 fully saturated rings. The van der Waals surface area contributed by atoms with Gasteiger partial charge < -0.3 is 24.4 Å². The maximum Gasteiger partial charge on any atom is 0.459 e. The lowest BCUT2D eigenvalue weighted by Gasteiger charge is -2.23. The summed E-state index contributed by atoms with van der Waals surface area (Å²) in [4.78, 5) is 46.7. The highest BCUT2D eigenvalue weighted by Crippen LogP contribution is 2.48. The molecule has 1 saturated carbocycles. The summed E-state index contributed by atoms with van der Waals surface area (Å²) in [7, 11) is -4.07. The van der Waals surface area contributed by atoms with Gasteiger partial charge in [-0.3, -0.25) is 19.1 Å². The number of carbonyl (C=O) groups excluding carboxylic acids is 2. The normalized spacial score (nSPS) is 21.0. The van der Waals surface area contributed by atoms with E-state index in [0.29, 0.717) is 12.0 Å². The standard InChI is InChI=1S/C23H27N6O7P/c1-3-34-19(31)10-26-37(33,36-16-7-5-4-6-8-16)35-12-17-14(2)18(9-15(17)11-30)29-13-25-20-21(29)27-23(24)28-22(20)32/h4-8,11,13,15,17-18H,2-3,9-10,12H2,1H3,(H,26,33)(H3,24,27,28,32)/t15?,17-,18-,37+/m0/s1. The summed E-state index contributed by atoms with van der Waals surface area (Å²) < 4.78 is 31.4. The number of nitrogen functional groups attached to an aromatic ring is 1. The van der Waals surface area contributed by atoms with E-state index in [-0.39, 0.29) is 36.1 Å². The number of esters is 1. The Kier molecular flexibility index (Phi) is 7.86. The lowest BCUT2D eigenvalue weighted by molar-refractivity contribution is -0.141. The minimum atomic E-state index is -4.07. The van der Waals surface area contributed by atoms with Crippen molar-refractivity contribution in [1.29, 1.82) is 0 Å². The molecule has 4 rings (SSSR count). The van der Waals surface area contributed by atoms with E-state index in [1.54, 1.807) is 41.8 Å². The summed E-state index contributed by atoms with van der Waals surface area (Å²) >= 11 is 0. The Morgan fingerprint density at radius 3 is 2.84 bits per heavy atom. The number of hydrogen-bond donors (Lipinski definition) is 3. The van der Waals surface area contributed by atoms with E-state index in [2.05, 4.69) is 26.6 Å². The van der Waals surface area contributed by atoms with Gasteiger partial charge in [0.05, 0.1) is 25.6 Å². The van der Waals surface area contributed by atoms with Crippen molar-refractivity contribution >= 4 is 37.1 Å². The molecule has 1 aromatic carbocycles. The molecule has 0 aliphatic heterocycles. The van der Waals surface area contributed by atoms with Gasteiger partial charge >= 0.3 is 13.7 Å². The van der Waals surface area contributed by atoms with Crippen molar-refractivity contribution in [2.24, 2.45) is 11.8 Å². The van der Waals surface area contributed by atoms with Crippen LogP contribution in [0.1, 0.15) is 19.4 Å². The summed E-state index contributed by atoms with van der Waals surface area (Å²) in [6.07, 6.45) is 2.55. The van der Waals surface area contributed by atoms with Crippen molar-refractivity contribution < 1.29 is 27.9 Å². The number of anilines is 1. The SMILES string of the molecule is C=C1[C@H](CO[P@](=O)(NCC(=O)OCC)Oc2ccccc2)C(C=O)C[C@@H]1n1cnc2c(=O)[nH]c(N)nc21. The minimum absolute atomic E-state index is 0.0682. The van der Waals surface area contributed by atoms with E-state index < -0.39 is 43.7 Å². The van der Waals surface area contributed by atoms with Crippen LogP contribution in [0, 0.1) is 11.8 Å². The van der Waals surface area contributed by atoms with Gasteiger partial charge in [-0.2, -0.15) is 4.98 Å². The highest BCUT2D eigenvalue weighted by atomic mass is 31.2. The molecule has 0 saturated heterocycles. The van der Waals surface area contributed by atoms with E-state index >= 15 is 0 Å². The molecule has 4 atom stereocenters. The fraction of sp³-hybridized carbons (Fsp3) is 0.348. The van der Waals surface area contributed by atoms with Crippen LogP contribution in [0.2, 0.25) is 0 Å². The predicted molar refractivity (Wildman–Crippen MR) is 134 cm³/mol. The number of nitrogens with two attached hydrogens (primary N) is 1. The number of fused-ring (bicyclic) bond motifs is 1. The molecule has 37 heavy (non-hydrogen) atoms. The van der Waals surface area contributed by atoms with Crippen LogP contribution >= 0.6 is 7.75 Å². The largest absolute Gasteiger partial charge is 0.465 e. The molecule has 13 nitrogen and oxygen atoms in total. The van der Waals surface area contributed by atoms with Crippen LogP contribution in [-0.4, -0.2) is 51.5 Å². The molecule has 3 aromatic rings. The highest BCUT2D eigenvalue weighted by Gasteiger charge is 2.41. The van der Waals surface area contributed by atoms with Crippen LogP contribution < -0.4 is 20.9 Å². The Balaban J connectivity index is 1.54. The van der Waals surface area contributed by atoms with Gasteiger partial charge in [-0.05, 0) is 31.1 Å². The highest BCUT2D eigenvalue weighted by molar-refractivity contribution is 7.52. The monoisotopic (exact) mass is 530 g/mol. The molecule has 196 valence electrons. The third kappa shape index (κ3) is 5.79. The number of para-hydroxylation sites is 1. The summed E-state index contributed by atoms with van der Waals surface area (Å²) in [5.74, 6) is -1.52. The Morgan fingerprint density at radius 1 is 1.38 bits per heavy atom. The zero-order chi connectivity index (χ0) is 26.6. The van der Waals surface area contributed by atoms with Crippen molar-refractivity contribution in [3.63, 3.8) is 0 Å². The van der Waals surface area contributed by atoms with E-state index in [1.807, 2.05) is 0 Å². The molecule has 0 bridgehead atoms. The lowest BCUT2D eigenvalue weighted by Crippen LogP contribution is -2.27. The molecule has 1 aliphatic rings. The molecular formula is C23H27N6O7P. The quantitative estimate of drug-likeness (QED) is 0.143. The molecule has 0 spiro atoms. The molecule has 14 heteroatoms. The smallest absolute Gasteiger partial charge is 0.459 e. The lowest BCUT2D eigenvalue weighted by atomic mass is 9.96. The minimum Gasteiger partial charge on any atom is -0.465 e. The Bertz CT molecular complexity index is 1410. The zero-order valence-corrected chi connectivity index (χ0v) is 20.9. The molecule has 0 amide bonds. The number of hydrogen-bond acceptors (Lipinski definition) is 10. The first-order valence-electron chi connectivity index (χ1n) is 11.5. The topological polar surface area (TPSA) is 181 Å². The van der Waals surface area contributed by atoms with Gasteiger partial charge in [0.1, 0.15) is 18.6 Å². The van der Waals surface area contributed by atoms with Crippen LogP contribution in [0.25, 0.3) is 11.2 Å². The van der Waals surface area contributed by atoms with Gasteiger partial charge in [0.2, 0.25) is 5.95 Å². The number of carbonyl (C=O) groups is 2. The first kappa shape index (κ1) is 26.3. The molecule has 1 aliphatic carbocycles. The molecule has 2 aromatic heterocycles. The van der Waals surface area contributed by atoms with Crippen molar-refractivity contribution in [2.45, 2.75) is 19.4 Å². The summed E-state index contributed by atoms with van der Waals surface area (Å²) in [5, 5.41) is 2.52. The number of benzene rings is 1. The van der Waals surface area contributed by atoms with Gasteiger partial charge in [-0.1, -0.05) is 24.8 Å². The number of aromatic amines is 1. The number of aldehydes is 1. The van der Waals surface area contributed by atoms with Gasteiger partial charge in [0.25, 0.3) is 5.56 Å². The molecule has 4 N–H and O–H groups in total. The van der Waals surface area contributed by atoms with Crippen molar-refractivity contribution in [3.05, 3.63) is 59.2 Å². The second-order valence-corrected chi connectivity index (χ2v) is 10.1. The van der Waals surface area contributed by atoms with Gasteiger partial charge in [-0.25, -0.2) is 14.6 Å². The van der Waals surface area contributed by atoms with Crippen LogP contribution in [0.4, 0.5) is 5.95 Å². The van der Waals surface area contributed by atoms with Gasteiger partial charge in [0, 0.05) is 11.8 Å². The molecular weight excluding hydrogens is 503 g/mol. The fourth-order valence-corrected chi connectivity index (χ4v) is 5.50. The number of aromatic nitrogens is 4. The Morgan fingerprint density at radius 2 is 2.14 bits per heavy atom. The van der Waals surface area contributed by atoms with Crippen LogP contribution in [-0.2, 0) is 23.4 Å². The summed E-state index contributed by atoms with van der Waals surface area (Å²) in [5.41, 5.74) is 6.17. The van der Waals surface area contributed by atoms with Crippen molar-refractivity contribution in [1.82, 2.24) is 24.6 Å². The van der Waals surface area contributed by atoms with E-state index in [4.69, 9.17) is 19.5 Å². The Hall–Kier alpha value is -3.80. The third-order valence-electron chi connectivity index (χ3n) is 5.99. The van der Waals surface area contributed by atoms with Crippen LogP contribution in [0.15, 0.2) is 53.6 Å². The first-order chi connectivity index (χ1) is 17.7. The average molecular weight is 530 g/mol. The van der Waals surface area contributed by atoms with Crippen molar-refractivity contribution in [3.8, 4) is 5.75 Å².